The molecule has 0 aromatic heterocycles. The highest BCUT2D eigenvalue weighted by molar-refractivity contribution is 5.98. The average Bonchev–Trinajstić information content (AvgIpc) is 2.59. The van der Waals surface area contributed by atoms with Crippen LogP contribution in [-0.2, 0) is 0 Å². The molecule has 1 atom stereocenters. The van der Waals surface area contributed by atoms with Crippen molar-refractivity contribution >= 4 is 18.1 Å². The first-order valence-corrected chi connectivity index (χ1v) is 8.00. The molecule has 26 heavy (non-hydrogen) atoms. The molecule has 4 rings (SSSR count). The standard InChI is InChI=1S/C20H16N2O3.ClH/c21-11-5-7-15-17(9-11)25-18-10-12(22)6-8-16(18)19(15)13-3-1-2-4-14(13)20(23)24;/h1-5,7-10,12,21H,6,22H2,(H,23,24);1H. The van der Waals surface area contributed by atoms with Crippen LogP contribution in [0.1, 0.15) is 16.8 Å². The van der Waals surface area contributed by atoms with E-state index >= 15 is 0 Å². The van der Waals surface area contributed by atoms with Crippen molar-refractivity contribution in [3.8, 4) is 22.5 Å². The van der Waals surface area contributed by atoms with Crippen molar-refractivity contribution in [1.29, 1.82) is 0 Å². The molecule has 0 bridgehead atoms. The van der Waals surface area contributed by atoms with Gasteiger partial charge >= 0.3 is 5.97 Å². The van der Waals surface area contributed by atoms with Gasteiger partial charge in [-0.15, -0.1) is 0 Å². The maximum atomic E-state index is 11.7. The molecule has 0 saturated heterocycles. The Bertz CT molecular complexity index is 1150. The molecule has 5 nitrogen and oxygen atoms in total. The van der Waals surface area contributed by atoms with Crippen molar-refractivity contribution in [2.24, 2.45) is 5.73 Å². The number of fused-ring (bicyclic) bond motifs is 2. The van der Waals surface area contributed by atoms with Gasteiger partial charge in [0.25, 0.3) is 0 Å². The smallest absolute Gasteiger partial charge is 0.336 e. The summed E-state index contributed by atoms with van der Waals surface area (Å²) in [7, 11) is 0. The number of hydrogen-bond donors (Lipinski definition) is 3. The van der Waals surface area contributed by atoms with Crippen LogP contribution < -0.4 is 39.5 Å². The predicted octanol–water partition coefficient (Wildman–Crippen LogP) is -3.29. The number of carboxylic acid groups (broad SMARTS) is 1. The molecule has 1 unspecified atom stereocenters. The third-order valence-corrected chi connectivity index (χ3v) is 4.42. The number of halogens is 1. The summed E-state index contributed by atoms with van der Waals surface area (Å²) in [5.41, 5.74) is 9.22. The normalized spacial score (nSPS) is 15.3. The number of hydrogen-bond acceptors (Lipinski definition) is 3. The molecular weight excluding hydrogens is 352 g/mol. The highest BCUT2D eigenvalue weighted by atomic mass is 35.5. The highest BCUT2D eigenvalue weighted by Gasteiger charge is 2.21. The van der Waals surface area contributed by atoms with Crippen LogP contribution in [0.15, 0.2) is 46.9 Å². The fraction of sp³-hybridized carbons (Fsp3) is 0.100. The SMILES string of the molecule is NC1C=c2oc3cc(=[NH2+])ccc-3c(-c3ccccc3C(=O)O)c2=CC1.[Cl-]. The predicted molar refractivity (Wildman–Crippen MR) is 93.6 cm³/mol. The molecule has 5 N–H and O–H groups in total. The van der Waals surface area contributed by atoms with E-state index < -0.39 is 5.97 Å². The monoisotopic (exact) mass is 368 g/mol. The minimum atomic E-state index is -0.967. The summed E-state index contributed by atoms with van der Waals surface area (Å²) >= 11 is 0. The van der Waals surface area contributed by atoms with E-state index in [0.717, 1.165) is 16.3 Å². The summed E-state index contributed by atoms with van der Waals surface area (Å²) in [5, 5.41) is 17.0. The summed E-state index contributed by atoms with van der Waals surface area (Å²) in [6, 6.07) is 12.2. The van der Waals surface area contributed by atoms with E-state index in [9.17, 15) is 9.90 Å². The van der Waals surface area contributed by atoms with Crippen molar-refractivity contribution in [1.82, 2.24) is 0 Å². The molecule has 1 heterocycles. The van der Waals surface area contributed by atoms with Crippen molar-refractivity contribution < 1.29 is 32.1 Å². The molecule has 3 aliphatic rings. The van der Waals surface area contributed by atoms with Crippen LogP contribution in [0.4, 0.5) is 0 Å². The van der Waals surface area contributed by atoms with Gasteiger partial charge in [-0.05, 0) is 30.2 Å². The number of aromatic carboxylic acids is 1. The molecule has 1 aliphatic heterocycles. The van der Waals surface area contributed by atoms with Gasteiger partial charge < -0.3 is 27.7 Å². The quantitative estimate of drug-likeness (QED) is 0.441. The molecule has 1 aromatic rings. The van der Waals surface area contributed by atoms with Gasteiger partial charge in [0.2, 0.25) is 0 Å². The average molecular weight is 369 g/mol. The molecule has 0 radical (unpaired) electrons. The topological polar surface area (TPSA) is 102 Å². The van der Waals surface area contributed by atoms with Crippen molar-refractivity contribution in [2.75, 3.05) is 0 Å². The Kier molecular flexibility index (Phi) is 4.68. The van der Waals surface area contributed by atoms with Gasteiger partial charge in [-0.3, -0.25) is 5.41 Å². The number of rotatable bonds is 2. The first kappa shape index (κ1) is 17.9. The van der Waals surface area contributed by atoms with Crippen molar-refractivity contribution in [3.63, 3.8) is 0 Å². The molecule has 0 spiro atoms. The molecule has 0 saturated carbocycles. The van der Waals surface area contributed by atoms with Gasteiger partial charge in [-0.2, -0.15) is 0 Å². The second-order valence-electron chi connectivity index (χ2n) is 6.13. The fourth-order valence-electron chi connectivity index (χ4n) is 3.29. The molecule has 0 amide bonds. The van der Waals surface area contributed by atoms with Crippen LogP contribution >= 0.6 is 0 Å². The molecule has 1 aromatic carbocycles. The van der Waals surface area contributed by atoms with Crippen LogP contribution in [0.5, 0.6) is 0 Å². The first-order chi connectivity index (χ1) is 12.0. The summed E-state index contributed by atoms with van der Waals surface area (Å²) < 4.78 is 6.00. The van der Waals surface area contributed by atoms with Crippen LogP contribution in [-0.4, -0.2) is 17.1 Å². The third kappa shape index (κ3) is 2.92. The zero-order valence-electron chi connectivity index (χ0n) is 13.8. The van der Waals surface area contributed by atoms with Crippen molar-refractivity contribution in [2.45, 2.75) is 12.5 Å². The van der Waals surface area contributed by atoms with Crippen LogP contribution in [0.25, 0.3) is 34.6 Å². The largest absolute Gasteiger partial charge is 1.00 e. The van der Waals surface area contributed by atoms with Gasteiger partial charge in [0, 0.05) is 28.5 Å². The molecule has 2 aliphatic carbocycles. The maximum Gasteiger partial charge on any atom is 0.336 e. The molecule has 0 fully saturated rings. The summed E-state index contributed by atoms with van der Waals surface area (Å²) in [6.45, 7) is 0. The Labute approximate surface area is 155 Å². The van der Waals surface area contributed by atoms with E-state index in [-0.39, 0.29) is 24.0 Å². The van der Waals surface area contributed by atoms with E-state index in [1.54, 1.807) is 24.3 Å². The van der Waals surface area contributed by atoms with Gasteiger partial charge in [-0.1, -0.05) is 24.3 Å². The lowest BCUT2D eigenvalue weighted by Gasteiger charge is -2.17. The Balaban J connectivity index is 0.00000196. The van der Waals surface area contributed by atoms with Crippen LogP contribution in [0, 0.1) is 0 Å². The van der Waals surface area contributed by atoms with E-state index in [1.165, 1.54) is 0 Å². The number of nitrogens with two attached hydrogens (primary N) is 2. The van der Waals surface area contributed by atoms with E-state index in [2.05, 4.69) is 0 Å². The highest BCUT2D eigenvalue weighted by Crippen LogP contribution is 2.31. The number of carboxylic acids is 1. The van der Waals surface area contributed by atoms with Gasteiger partial charge in [0.1, 0.15) is 11.2 Å². The minimum absolute atomic E-state index is 0. The first-order valence-electron chi connectivity index (χ1n) is 8.00. The lowest BCUT2D eigenvalue weighted by molar-refractivity contribution is -0.172. The van der Waals surface area contributed by atoms with E-state index in [4.69, 9.17) is 15.6 Å². The van der Waals surface area contributed by atoms with E-state index in [0.29, 0.717) is 28.5 Å². The minimum Gasteiger partial charge on any atom is -1.00 e. The Morgan fingerprint density at radius 2 is 1.96 bits per heavy atom. The van der Waals surface area contributed by atoms with Gasteiger partial charge in [0.15, 0.2) is 5.36 Å². The lowest BCUT2D eigenvalue weighted by Crippen LogP contribution is -3.00. The van der Waals surface area contributed by atoms with Crippen LogP contribution in [0.3, 0.4) is 0 Å². The second-order valence-corrected chi connectivity index (χ2v) is 6.13. The molecular formula is C20H17ClN2O3. The van der Waals surface area contributed by atoms with Gasteiger partial charge in [0.05, 0.1) is 11.6 Å². The summed E-state index contributed by atoms with van der Waals surface area (Å²) in [4.78, 5) is 11.7. The zero-order chi connectivity index (χ0) is 17.6. The Morgan fingerprint density at radius 1 is 1.19 bits per heavy atom. The second kappa shape index (κ2) is 6.78. The fourth-order valence-corrected chi connectivity index (χ4v) is 3.29. The summed E-state index contributed by atoms with van der Waals surface area (Å²) in [5.74, 6) is -0.363. The Hall–Kier alpha value is -2.89. The molecule has 6 heteroatoms. The van der Waals surface area contributed by atoms with Gasteiger partial charge in [-0.25, -0.2) is 4.79 Å². The number of carbonyl (C=O) groups is 1. The van der Waals surface area contributed by atoms with Crippen molar-refractivity contribution in [3.05, 3.63) is 64.0 Å². The van der Waals surface area contributed by atoms with Crippen LogP contribution in [0.2, 0.25) is 0 Å². The number of benzene rings is 2. The zero-order valence-corrected chi connectivity index (χ0v) is 14.5. The van der Waals surface area contributed by atoms with E-state index in [1.807, 2.05) is 30.4 Å². The Morgan fingerprint density at radius 3 is 2.73 bits per heavy atom. The maximum absolute atomic E-state index is 11.7. The summed E-state index contributed by atoms with van der Waals surface area (Å²) in [6.07, 6.45) is 4.54. The lowest BCUT2D eigenvalue weighted by atomic mass is 9.90. The molecule has 132 valence electrons. The third-order valence-electron chi connectivity index (χ3n) is 4.42.